The van der Waals surface area contributed by atoms with Crippen LogP contribution in [0.5, 0.6) is 0 Å². The van der Waals surface area contributed by atoms with Gasteiger partial charge in [0, 0.05) is 6.04 Å². The molecule has 2 aliphatic heterocycles. The van der Waals surface area contributed by atoms with Crippen LogP contribution in [0, 0.1) is 11.8 Å². The van der Waals surface area contributed by atoms with Gasteiger partial charge in [0.25, 0.3) is 0 Å². The largest absolute Gasteiger partial charge is 0.392 e. The molecule has 0 aromatic carbocycles. The van der Waals surface area contributed by atoms with E-state index in [1.54, 1.807) is 0 Å². The normalized spacial score (nSPS) is 32.2. The van der Waals surface area contributed by atoms with E-state index in [1.807, 2.05) is 0 Å². The van der Waals surface area contributed by atoms with Gasteiger partial charge in [-0.25, -0.2) is 0 Å². The number of piperidine rings is 2. The van der Waals surface area contributed by atoms with Crippen LogP contribution in [-0.4, -0.2) is 36.9 Å². The van der Waals surface area contributed by atoms with E-state index >= 15 is 0 Å². The zero-order valence-corrected chi connectivity index (χ0v) is 10.4. The second-order valence-corrected chi connectivity index (χ2v) is 5.49. The fraction of sp³-hybridized carbons (Fsp3) is 1.00. The van der Waals surface area contributed by atoms with Crippen molar-refractivity contribution in [3.8, 4) is 0 Å². The van der Waals surface area contributed by atoms with E-state index in [9.17, 15) is 5.11 Å². The van der Waals surface area contributed by atoms with Crippen molar-refractivity contribution in [2.75, 3.05) is 19.6 Å². The number of hydrogen-bond acceptors (Lipinski definition) is 3. The van der Waals surface area contributed by atoms with Crippen molar-refractivity contribution in [2.45, 2.75) is 51.2 Å². The topological polar surface area (TPSA) is 44.3 Å². The number of nitrogens with one attached hydrogen (secondary N) is 2. The maximum absolute atomic E-state index is 10.4. The van der Waals surface area contributed by atoms with Crippen molar-refractivity contribution in [3.05, 3.63) is 0 Å². The Morgan fingerprint density at radius 2 is 1.81 bits per heavy atom. The van der Waals surface area contributed by atoms with Crippen molar-refractivity contribution in [1.29, 1.82) is 0 Å². The Hall–Kier alpha value is -0.120. The molecule has 3 N–H and O–H groups in total. The number of hydrogen-bond donors (Lipinski definition) is 3. The first kappa shape index (κ1) is 12.3. The van der Waals surface area contributed by atoms with Crippen LogP contribution in [0.1, 0.15) is 39.0 Å². The molecule has 0 saturated carbocycles. The van der Waals surface area contributed by atoms with Gasteiger partial charge >= 0.3 is 0 Å². The van der Waals surface area contributed by atoms with Crippen LogP contribution in [0.2, 0.25) is 0 Å². The fourth-order valence-corrected chi connectivity index (χ4v) is 3.18. The van der Waals surface area contributed by atoms with Gasteiger partial charge in [-0.2, -0.15) is 0 Å². The zero-order chi connectivity index (χ0) is 11.4. The molecule has 3 unspecified atom stereocenters. The van der Waals surface area contributed by atoms with E-state index in [1.165, 1.54) is 19.3 Å². The third kappa shape index (κ3) is 2.96. The summed E-state index contributed by atoms with van der Waals surface area (Å²) in [4.78, 5) is 0. The lowest BCUT2D eigenvalue weighted by atomic mass is 9.80. The zero-order valence-electron chi connectivity index (χ0n) is 10.4. The van der Waals surface area contributed by atoms with Crippen LogP contribution in [0.4, 0.5) is 0 Å². The van der Waals surface area contributed by atoms with Crippen molar-refractivity contribution in [1.82, 2.24) is 10.6 Å². The van der Waals surface area contributed by atoms with Crippen LogP contribution >= 0.6 is 0 Å². The molecule has 0 aromatic rings. The molecule has 0 spiro atoms. The Kier molecular flexibility index (Phi) is 4.62. The number of rotatable bonds is 3. The molecule has 0 aromatic heterocycles. The first-order valence-corrected chi connectivity index (χ1v) is 6.91. The molecule has 0 aliphatic carbocycles. The van der Waals surface area contributed by atoms with Gasteiger partial charge in [0.1, 0.15) is 0 Å². The van der Waals surface area contributed by atoms with E-state index < -0.39 is 0 Å². The van der Waals surface area contributed by atoms with Crippen molar-refractivity contribution in [3.63, 3.8) is 0 Å². The highest BCUT2D eigenvalue weighted by Crippen LogP contribution is 2.26. The maximum Gasteiger partial charge on any atom is 0.0609 e. The Balaban J connectivity index is 1.84. The molecule has 2 saturated heterocycles. The van der Waals surface area contributed by atoms with Gasteiger partial charge in [0.2, 0.25) is 0 Å². The van der Waals surface area contributed by atoms with Crippen LogP contribution in [0.3, 0.4) is 0 Å². The summed E-state index contributed by atoms with van der Waals surface area (Å²) in [5.74, 6) is 0.920. The van der Waals surface area contributed by atoms with Crippen molar-refractivity contribution < 1.29 is 5.11 Å². The SMILES string of the molecule is CC(C1CCCCN1)C(O)C1CCNCC1. The molecule has 16 heavy (non-hydrogen) atoms. The van der Waals surface area contributed by atoms with Gasteiger partial charge in [0.05, 0.1) is 6.10 Å². The Labute approximate surface area is 99.0 Å². The van der Waals surface area contributed by atoms with E-state index in [-0.39, 0.29) is 6.10 Å². The highest BCUT2D eigenvalue weighted by Gasteiger charge is 2.31. The van der Waals surface area contributed by atoms with Gasteiger partial charge < -0.3 is 15.7 Å². The molecule has 2 aliphatic rings. The molecule has 3 heteroatoms. The van der Waals surface area contributed by atoms with E-state index in [0.29, 0.717) is 17.9 Å². The summed E-state index contributed by atoms with van der Waals surface area (Å²) in [7, 11) is 0. The standard InChI is InChI=1S/C13H26N2O/c1-10(12-4-2-3-7-15-12)13(16)11-5-8-14-9-6-11/h10-16H,2-9H2,1H3. The molecule has 3 nitrogen and oxygen atoms in total. The molecule has 3 atom stereocenters. The summed E-state index contributed by atoms with van der Waals surface area (Å²) >= 11 is 0. The monoisotopic (exact) mass is 226 g/mol. The van der Waals surface area contributed by atoms with E-state index in [0.717, 1.165) is 32.5 Å². The summed E-state index contributed by atoms with van der Waals surface area (Å²) in [5.41, 5.74) is 0. The molecule has 2 rings (SSSR count). The summed E-state index contributed by atoms with van der Waals surface area (Å²) < 4.78 is 0. The molecule has 0 bridgehead atoms. The highest BCUT2D eigenvalue weighted by molar-refractivity contribution is 4.86. The Bertz CT molecular complexity index is 176. The average Bonchev–Trinajstić information content (AvgIpc) is 2.39. The first-order valence-electron chi connectivity index (χ1n) is 6.91. The number of aliphatic hydroxyl groups is 1. The quantitative estimate of drug-likeness (QED) is 0.676. The highest BCUT2D eigenvalue weighted by atomic mass is 16.3. The smallest absolute Gasteiger partial charge is 0.0609 e. The minimum atomic E-state index is -0.113. The average molecular weight is 226 g/mol. The predicted octanol–water partition coefficient (Wildman–Crippen LogP) is 1.13. The van der Waals surface area contributed by atoms with Crippen molar-refractivity contribution >= 4 is 0 Å². The van der Waals surface area contributed by atoms with Crippen LogP contribution in [0.15, 0.2) is 0 Å². The maximum atomic E-state index is 10.4. The van der Waals surface area contributed by atoms with Gasteiger partial charge in [-0.05, 0) is 57.2 Å². The Morgan fingerprint density at radius 3 is 2.44 bits per heavy atom. The second-order valence-electron chi connectivity index (χ2n) is 5.49. The van der Waals surface area contributed by atoms with Crippen molar-refractivity contribution in [2.24, 2.45) is 11.8 Å². The Morgan fingerprint density at radius 1 is 1.06 bits per heavy atom. The van der Waals surface area contributed by atoms with Gasteiger partial charge in [-0.15, -0.1) is 0 Å². The molecular weight excluding hydrogens is 200 g/mol. The third-order valence-corrected chi connectivity index (χ3v) is 4.39. The predicted molar refractivity (Wildman–Crippen MR) is 66.4 cm³/mol. The molecule has 0 amide bonds. The first-order chi connectivity index (χ1) is 7.79. The summed E-state index contributed by atoms with van der Waals surface area (Å²) in [6.45, 7) is 5.50. The van der Waals surface area contributed by atoms with Gasteiger partial charge in [-0.3, -0.25) is 0 Å². The van der Waals surface area contributed by atoms with E-state index in [4.69, 9.17) is 0 Å². The lowest BCUT2D eigenvalue weighted by Gasteiger charge is -2.37. The second kappa shape index (κ2) is 5.99. The van der Waals surface area contributed by atoms with Gasteiger partial charge in [0.15, 0.2) is 0 Å². The van der Waals surface area contributed by atoms with Crippen LogP contribution in [0.25, 0.3) is 0 Å². The molecule has 2 fully saturated rings. The molecule has 2 heterocycles. The molecule has 0 radical (unpaired) electrons. The molecular formula is C13H26N2O. The summed E-state index contributed by atoms with van der Waals surface area (Å²) in [6.07, 6.45) is 6.02. The summed E-state index contributed by atoms with van der Waals surface area (Å²) in [5, 5.41) is 17.4. The minimum absolute atomic E-state index is 0.113. The lowest BCUT2D eigenvalue weighted by molar-refractivity contribution is 0.0237. The third-order valence-electron chi connectivity index (χ3n) is 4.39. The molecule has 94 valence electrons. The van der Waals surface area contributed by atoms with E-state index in [2.05, 4.69) is 17.6 Å². The summed E-state index contributed by atoms with van der Waals surface area (Å²) in [6, 6.07) is 0.540. The number of aliphatic hydroxyl groups excluding tert-OH is 1. The van der Waals surface area contributed by atoms with Gasteiger partial charge in [-0.1, -0.05) is 13.3 Å². The minimum Gasteiger partial charge on any atom is -0.392 e. The van der Waals surface area contributed by atoms with Crippen LogP contribution in [-0.2, 0) is 0 Å². The fourth-order valence-electron chi connectivity index (χ4n) is 3.18. The lowest BCUT2D eigenvalue weighted by Crippen LogP contribution is -2.47. The van der Waals surface area contributed by atoms with Crippen LogP contribution < -0.4 is 10.6 Å².